The predicted octanol–water partition coefficient (Wildman–Crippen LogP) is 1.74. The number of hydrogen-bond donors (Lipinski definition) is 1. The molecule has 14 heavy (non-hydrogen) atoms. The molecule has 2 aliphatic carbocycles. The fraction of sp³-hybridized carbons (Fsp3) is 0.364. The van der Waals surface area contributed by atoms with Crippen LogP contribution in [0, 0.1) is 11.8 Å². The molecular weight excluding hydrogens is 183 g/mol. The Morgan fingerprint density at radius 2 is 2.21 bits per heavy atom. The number of halogens is 1. The summed E-state index contributed by atoms with van der Waals surface area (Å²) < 4.78 is 14.2. The molecule has 3 atom stereocenters. The standard InChI is InChI=1S/C11H9FO2/c12-11-7-4-2-1-3-6(7)5-8(11)9(11)10(13)14/h1-4,8-9H,5H2,(H,13,14). The van der Waals surface area contributed by atoms with Crippen molar-refractivity contribution in [3.63, 3.8) is 0 Å². The Kier molecular flexibility index (Phi) is 1.23. The fourth-order valence-electron chi connectivity index (χ4n) is 2.72. The van der Waals surface area contributed by atoms with E-state index in [9.17, 15) is 9.18 Å². The Morgan fingerprint density at radius 3 is 2.93 bits per heavy atom. The van der Waals surface area contributed by atoms with E-state index < -0.39 is 17.6 Å². The fourth-order valence-corrected chi connectivity index (χ4v) is 2.72. The number of fused-ring (bicyclic) bond motifs is 3. The van der Waals surface area contributed by atoms with Crippen LogP contribution in [0.25, 0.3) is 0 Å². The van der Waals surface area contributed by atoms with Gasteiger partial charge in [-0.1, -0.05) is 24.3 Å². The first-order valence-electron chi connectivity index (χ1n) is 4.66. The summed E-state index contributed by atoms with van der Waals surface area (Å²) in [6.07, 6.45) is 0.573. The second-order valence-corrected chi connectivity index (χ2v) is 4.05. The van der Waals surface area contributed by atoms with Crippen molar-refractivity contribution in [2.24, 2.45) is 11.8 Å². The summed E-state index contributed by atoms with van der Waals surface area (Å²) in [5, 5.41) is 8.81. The summed E-state index contributed by atoms with van der Waals surface area (Å²) in [5.74, 6) is -2.14. The van der Waals surface area contributed by atoms with Crippen LogP contribution >= 0.6 is 0 Å². The molecule has 0 amide bonds. The normalized spacial score (nSPS) is 37.5. The summed E-state index contributed by atoms with van der Waals surface area (Å²) in [4.78, 5) is 10.8. The quantitative estimate of drug-likeness (QED) is 0.735. The lowest BCUT2D eigenvalue weighted by Gasteiger charge is -2.07. The second-order valence-electron chi connectivity index (χ2n) is 4.05. The number of rotatable bonds is 1. The number of aliphatic carboxylic acids is 1. The van der Waals surface area contributed by atoms with E-state index in [0.29, 0.717) is 12.0 Å². The van der Waals surface area contributed by atoms with Crippen LogP contribution in [0.5, 0.6) is 0 Å². The van der Waals surface area contributed by atoms with Crippen molar-refractivity contribution in [1.82, 2.24) is 0 Å². The van der Waals surface area contributed by atoms with Gasteiger partial charge in [0.25, 0.3) is 0 Å². The van der Waals surface area contributed by atoms with Gasteiger partial charge in [-0.3, -0.25) is 4.79 Å². The third-order valence-electron chi connectivity index (χ3n) is 3.42. The molecular formula is C11H9FO2. The highest BCUT2D eigenvalue weighted by Gasteiger charge is 2.74. The Labute approximate surface area is 80.4 Å². The minimum Gasteiger partial charge on any atom is -0.481 e. The molecule has 3 rings (SSSR count). The number of benzene rings is 1. The second kappa shape index (κ2) is 2.16. The van der Waals surface area contributed by atoms with E-state index in [1.165, 1.54) is 0 Å². The van der Waals surface area contributed by atoms with Gasteiger partial charge >= 0.3 is 5.97 Å². The maximum atomic E-state index is 14.2. The SMILES string of the molecule is O=C(O)C1C2Cc3ccccc3C21F. The summed E-state index contributed by atoms with van der Waals surface area (Å²) in [5.41, 5.74) is -0.00231. The minimum atomic E-state index is -1.57. The summed E-state index contributed by atoms with van der Waals surface area (Å²) in [6, 6.07) is 7.21. The molecule has 2 nitrogen and oxygen atoms in total. The van der Waals surface area contributed by atoms with E-state index in [1.807, 2.05) is 12.1 Å². The zero-order valence-electron chi connectivity index (χ0n) is 7.40. The molecule has 0 bridgehead atoms. The van der Waals surface area contributed by atoms with Gasteiger partial charge in [0.15, 0.2) is 5.67 Å². The van der Waals surface area contributed by atoms with Gasteiger partial charge in [0, 0.05) is 5.92 Å². The van der Waals surface area contributed by atoms with Gasteiger partial charge in [0.05, 0.1) is 0 Å². The van der Waals surface area contributed by atoms with Crippen molar-refractivity contribution in [3.8, 4) is 0 Å². The summed E-state index contributed by atoms with van der Waals surface area (Å²) in [6.45, 7) is 0. The van der Waals surface area contributed by atoms with Crippen LogP contribution in [0.2, 0.25) is 0 Å². The molecule has 1 aromatic carbocycles. The van der Waals surface area contributed by atoms with Gasteiger partial charge in [-0.25, -0.2) is 4.39 Å². The Bertz CT molecular complexity index is 429. The smallest absolute Gasteiger partial charge is 0.310 e. The largest absolute Gasteiger partial charge is 0.481 e. The van der Waals surface area contributed by atoms with Gasteiger partial charge < -0.3 is 5.11 Å². The number of carbonyl (C=O) groups is 1. The van der Waals surface area contributed by atoms with Crippen molar-refractivity contribution in [2.75, 3.05) is 0 Å². The third kappa shape index (κ3) is 0.694. The first-order valence-corrected chi connectivity index (χ1v) is 4.66. The highest BCUT2D eigenvalue weighted by Crippen LogP contribution is 2.67. The summed E-state index contributed by atoms with van der Waals surface area (Å²) in [7, 11) is 0. The van der Waals surface area contributed by atoms with Gasteiger partial charge in [-0.15, -0.1) is 0 Å². The average molecular weight is 192 g/mol. The van der Waals surface area contributed by atoms with Gasteiger partial charge in [0.1, 0.15) is 5.92 Å². The van der Waals surface area contributed by atoms with Crippen LogP contribution in [0.15, 0.2) is 24.3 Å². The topological polar surface area (TPSA) is 37.3 Å². The molecule has 0 saturated heterocycles. The molecule has 0 radical (unpaired) electrons. The van der Waals surface area contributed by atoms with Crippen molar-refractivity contribution >= 4 is 5.97 Å². The Morgan fingerprint density at radius 1 is 1.50 bits per heavy atom. The maximum Gasteiger partial charge on any atom is 0.310 e. The average Bonchev–Trinajstić information content (AvgIpc) is 2.63. The zero-order chi connectivity index (χ0) is 9.92. The van der Waals surface area contributed by atoms with Crippen LogP contribution in [-0.2, 0) is 16.9 Å². The van der Waals surface area contributed by atoms with Crippen LogP contribution in [0.3, 0.4) is 0 Å². The van der Waals surface area contributed by atoms with E-state index in [4.69, 9.17) is 5.11 Å². The van der Waals surface area contributed by atoms with E-state index in [2.05, 4.69) is 0 Å². The molecule has 0 heterocycles. The molecule has 1 N–H and O–H groups in total. The van der Waals surface area contributed by atoms with Crippen LogP contribution in [0.1, 0.15) is 11.1 Å². The van der Waals surface area contributed by atoms with Gasteiger partial charge in [0.2, 0.25) is 0 Å². The van der Waals surface area contributed by atoms with Gasteiger partial charge in [-0.2, -0.15) is 0 Å². The van der Waals surface area contributed by atoms with E-state index in [-0.39, 0.29) is 5.92 Å². The highest BCUT2D eigenvalue weighted by atomic mass is 19.1. The third-order valence-corrected chi connectivity index (χ3v) is 3.42. The maximum absolute atomic E-state index is 14.2. The number of alkyl halides is 1. The van der Waals surface area contributed by atoms with Crippen molar-refractivity contribution in [3.05, 3.63) is 35.4 Å². The molecule has 1 saturated carbocycles. The molecule has 0 spiro atoms. The predicted molar refractivity (Wildman–Crippen MR) is 47.5 cm³/mol. The lowest BCUT2D eigenvalue weighted by molar-refractivity contribution is -0.140. The molecule has 0 aromatic heterocycles. The van der Waals surface area contributed by atoms with Crippen molar-refractivity contribution < 1.29 is 14.3 Å². The molecule has 3 heteroatoms. The van der Waals surface area contributed by atoms with Crippen LogP contribution < -0.4 is 0 Å². The molecule has 2 aliphatic rings. The number of carboxylic acid groups (broad SMARTS) is 1. The lowest BCUT2D eigenvalue weighted by Crippen LogP contribution is -2.11. The molecule has 1 fully saturated rings. The Balaban J connectivity index is 2.09. The Hall–Kier alpha value is -1.38. The van der Waals surface area contributed by atoms with E-state index >= 15 is 0 Å². The van der Waals surface area contributed by atoms with Gasteiger partial charge in [-0.05, 0) is 17.5 Å². The molecule has 1 aromatic rings. The van der Waals surface area contributed by atoms with Crippen molar-refractivity contribution in [1.29, 1.82) is 0 Å². The van der Waals surface area contributed by atoms with Crippen LogP contribution in [-0.4, -0.2) is 11.1 Å². The lowest BCUT2D eigenvalue weighted by atomic mass is 10.0. The summed E-state index contributed by atoms with van der Waals surface area (Å²) >= 11 is 0. The molecule has 0 aliphatic heterocycles. The minimum absolute atomic E-state index is 0.322. The van der Waals surface area contributed by atoms with Crippen molar-refractivity contribution in [2.45, 2.75) is 12.1 Å². The first kappa shape index (κ1) is 7.97. The number of carboxylic acids is 1. The first-order chi connectivity index (χ1) is 6.65. The highest BCUT2D eigenvalue weighted by molar-refractivity contribution is 5.79. The molecule has 72 valence electrons. The zero-order valence-corrected chi connectivity index (χ0v) is 7.40. The number of hydrogen-bond acceptors (Lipinski definition) is 1. The monoisotopic (exact) mass is 192 g/mol. The van der Waals surface area contributed by atoms with E-state index in [1.54, 1.807) is 12.1 Å². The van der Waals surface area contributed by atoms with Crippen LogP contribution in [0.4, 0.5) is 4.39 Å². The van der Waals surface area contributed by atoms with E-state index in [0.717, 1.165) is 5.56 Å². The molecule has 3 unspecified atom stereocenters.